The fourth-order valence-corrected chi connectivity index (χ4v) is 2.39. The zero-order valence-corrected chi connectivity index (χ0v) is 10.9. The highest BCUT2D eigenvalue weighted by atomic mass is 35.5. The lowest BCUT2D eigenvalue weighted by atomic mass is 10.3. The molecule has 1 aromatic rings. The van der Waals surface area contributed by atoms with Crippen LogP contribution in [0.2, 0.25) is 5.02 Å². The van der Waals surface area contributed by atoms with E-state index in [4.69, 9.17) is 17.3 Å². The van der Waals surface area contributed by atoms with Gasteiger partial charge in [0.05, 0.1) is 5.02 Å². The molecule has 17 heavy (non-hydrogen) atoms. The minimum atomic E-state index is 0.0264. The van der Waals surface area contributed by atoms with Crippen LogP contribution < -0.4 is 5.73 Å². The highest BCUT2D eigenvalue weighted by Gasteiger charge is 2.27. The van der Waals surface area contributed by atoms with Crippen LogP contribution in [-0.4, -0.2) is 34.5 Å². The summed E-state index contributed by atoms with van der Waals surface area (Å²) in [6.45, 7) is 5.44. The van der Waals surface area contributed by atoms with Crippen molar-refractivity contribution in [3.05, 3.63) is 23.0 Å². The van der Waals surface area contributed by atoms with Crippen LogP contribution in [0.4, 0.5) is 0 Å². The van der Waals surface area contributed by atoms with E-state index < -0.39 is 0 Å². The smallest absolute Gasteiger partial charge is 0.270 e. The first kappa shape index (κ1) is 12.5. The number of nitrogens with zero attached hydrogens (tertiary/aromatic N) is 2. The van der Waals surface area contributed by atoms with Crippen molar-refractivity contribution in [3.8, 4) is 0 Å². The molecule has 0 bridgehead atoms. The molecule has 0 radical (unpaired) electrons. The average molecular weight is 256 g/mol. The minimum Gasteiger partial charge on any atom is -0.339 e. The van der Waals surface area contributed by atoms with Gasteiger partial charge in [-0.2, -0.15) is 0 Å². The lowest BCUT2D eigenvalue weighted by Crippen LogP contribution is -2.33. The van der Waals surface area contributed by atoms with Gasteiger partial charge in [-0.1, -0.05) is 11.6 Å². The summed E-state index contributed by atoms with van der Waals surface area (Å²) in [5.74, 6) is 0.0264. The third-order valence-corrected chi connectivity index (χ3v) is 3.31. The van der Waals surface area contributed by atoms with E-state index in [1.165, 1.54) is 0 Å². The molecule has 2 N–H and O–H groups in total. The van der Waals surface area contributed by atoms with Crippen LogP contribution in [0.5, 0.6) is 0 Å². The van der Waals surface area contributed by atoms with Crippen molar-refractivity contribution in [2.24, 2.45) is 5.73 Å². The lowest BCUT2D eigenvalue weighted by molar-refractivity contribution is 0.0778. The van der Waals surface area contributed by atoms with Crippen molar-refractivity contribution < 1.29 is 4.79 Å². The summed E-state index contributed by atoms with van der Waals surface area (Å²) in [5.41, 5.74) is 6.47. The topological polar surface area (TPSA) is 51.3 Å². The Morgan fingerprint density at radius 2 is 2.29 bits per heavy atom. The van der Waals surface area contributed by atoms with E-state index in [0.717, 1.165) is 13.0 Å². The molecule has 2 rings (SSSR count). The van der Waals surface area contributed by atoms with E-state index in [2.05, 4.69) is 0 Å². The van der Waals surface area contributed by atoms with Gasteiger partial charge in [-0.05, 0) is 26.3 Å². The largest absolute Gasteiger partial charge is 0.339 e. The summed E-state index contributed by atoms with van der Waals surface area (Å²) < 4.78 is 1.91. The molecule has 2 heterocycles. The molecule has 0 aliphatic carbocycles. The van der Waals surface area contributed by atoms with Gasteiger partial charge in [-0.3, -0.25) is 4.79 Å². The summed E-state index contributed by atoms with van der Waals surface area (Å²) >= 11 is 5.97. The van der Waals surface area contributed by atoms with E-state index in [0.29, 0.717) is 17.3 Å². The monoisotopic (exact) mass is 255 g/mol. The maximum Gasteiger partial charge on any atom is 0.270 e. The predicted molar refractivity (Wildman–Crippen MR) is 68.3 cm³/mol. The normalized spacial score (nSPS) is 20.3. The molecule has 0 aromatic carbocycles. The Labute approximate surface area is 106 Å². The quantitative estimate of drug-likeness (QED) is 0.878. The third-order valence-electron chi connectivity index (χ3n) is 3.10. The van der Waals surface area contributed by atoms with Crippen LogP contribution in [0.1, 0.15) is 36.8 Å². The number of likely N-dealkylation sites (tertiary alicyclic amines) is 1. The number of carbonyl (C=O) groups excluding carboxylic acids is 1. The van der Waals surface area contributed by atoms with Gasteiger partial charge in [0, 0.05) is 31.4 Å². The zero-order chi connectivity index (χ0) is 12.6. The molecular formula is C12H18ClN3O. The second kappa shape index (κ2) is 4.70. The number of amides is 1. The van der Waals surface area contributed by atoms with Gasteiger partial charge in [0.15, 0.2) is 0 Å². The van der Waals surface area contributed by atoms with Gasteiger partial charge in [0.2, 0.25) is 0 Å². The Balaban J connectivity index is 2.24. The first-order valence-corrected chi connectivity index (χ1v) is 6.29. The van der Waals surface area contributed by atoms with Crippen LogP contribution in [0.25, 0.3) is 0 Å². The second-order valence-corrected chi connectivity index (χ2v) is 5.28. The molecule has 1 fully saturated rings. The number of carbonyl (C=O) groups is 1. The predicted octanol–water partition coefficient (Wildman–Crippen LogP) is 1.90. The Bertz CT molecular complexity index is 427. The summed E-state index contributed by atoms with van der Waals surface area (Å²) in [6.07, 6.45) is 2.68. The standard InChI is InChI=1S/C12H18ClN3O/c1-8(2)16-6-9(13)5-11(16)12(17)15-4-3-10(14)7-15/h5-6,8,10H,3-4,7,14H2,1-2H3/t10-/m1/s1. The summed E-state index contributed by atoms with van der Waals surface area (Å²) in [5, 5.41) is 0.602. The van der Waals surface area contributed by atoms with Gasteiger partial charge in [-0.15, -0.1) is 0 Å². The molecule has 94 valence electrons. The van der Waals surface area contributed by atoms with Crippen LogP contribution in [-0.2, 0) is 0 Å². The maximum atomic E-state index is 12.3. The summed E-state index contributed by atoms with van der Waals surface area (Å²) in [4.78, 5) is 14.1. The molecule has 0 unspecified atom stereocenters. The van der Waals surface area contributed by atoms with E-state index in [-0.39, 0.29) is 18.0 Å². The van der Waals surface area contributed by atoms with Crippen molar-refractivity contribution in [3.63, 3.8) is 0 Å². The Morgan fingerprint density at radius 1 is 1.59 bits per heavy atom. The summed E-state index contributed by atoms with van der Waals surface area (Å²) in [7, 11) is 0. The molecule has 5 heteroatoms. The average Bonchev–Trinajstić information content (AvgIpc) is 2.83. The molecule has 0 saturated carbocycles. The van der Waals surface area contributed by atoms with Crippen LogP contribution >= 0.6 is 11.6 Å². The van der Waals surface area contributed by atoms with Gasteiger partial charge < -0.3 is 15.2 Å². The van der Waals surface area contributed by atoms with E-state index in [1.54, 1.807) is 17.2 Å². The van der Waals surface area contributed by atoms with Gasteiger partial charge in [0.25, 0.3) is 5.91 Å². The van der Waals surface area contributed by atoms with Gasteiger partial charge in [-0.25, -0.2) is 0 Å². The van der Waals surface area contributed by atoms with Crippen molar-refractivity contribution in [1.82, 2.24) is 9.47 Å². The van der Waals surface area contributed by atoms with Crippen molar-refractivity contribution in [2.45, 2.75) is 32.4 Å². The SMILES string of the molecule is CC(C)n1cc(Cl)cc1C(=O)N1CC[C@@H](N)C1. The third kappa shape index (κ3) is 2.48. The van der Waals surface area contributed by atoms with Gasteiger partial charge >= 0.3 is 0 Å². The van der Waals surface area contributed by atoms with Gasteiger partial charge in [0.1, 0.15) is 5.69 Å². The molecule has 1 saturated heterocycles. The Kier molecular flexibility index (Phi) is 3.45. The van der Waals surface area contributed by atoms with E-state index in [1.807, 2.05) is 18.4 Å². The number of nitrogens with two attached hydrogens (primary N) is 1. The number of halogens is 1. The fraction of sp³-hybridized carbons (Fsp3) is 0.583. The Morgan fingerprint density at radius 3 is 2.82 bits per heavy atom. The number of aromatic nitrogens is 1. The van der Waals surface area contributed by atoms with Crippen molar-refractivity contribution in [2.75, 3.05) is 13.1 Å². The second-order valence-electron chi connectivity index (χ2n) is 4.84. The molecule has 4 nitrogen and oxygen atoms in total. The number of rotatable bonds is 2. The molecular weight excluding hydrogens is 238 g/mol. The lowest BCUT2D eigenvalue weighted by Gasteiger charge is -2.18. The van der Waals surface area contributed by atoms with Crippen LogP contribution in [0, 0.1) is 0 Å². The summed E-state index contributed by atoms with van der Waals surface area (Å²) in [6, 6.07) is 2.06. The molecule has 1 amide bonds. The number of hydrogen-bond acceptors (Lipinski definition) is 2. The molecule has 1 aliphatic rings. The Hall–Kier alpha value is -1.00. The van der Waals surface area contributed by atoms with Crippen molar-refractivity contribution in [1.29, 1.82) is 0 Å². The molecule has 1 aliphatic heterocycles. The minimum absolute atomic E-state index is 0.0264. The maximum absolute atomic E-state index is 12.3. The highest BCUT2D eigenvalue weighted by Crippen LogP contribution is 2.21. The first-order chi connectivity index (χ1) is 7.99. The fourth-order valence-electron chi connectivity index (χ4n) is 2.18. The van der Waals surface area contributed by atoms with Crippen LogP contribution in [0.15, 0.2) is 12.3 Å². The zero-order valence-electron chi connectivity index (χ0n) is 10.2. The highest BCUT2D eigenvalue weighted by molar-refractivity contribution is 6.31. The van der Waals surface area contributed by atoms with Crippen LogP contribution in [0.3, 0.4) is 0 Å². The molecule has 0 spiro atoms. The number of hydrogen-bond donors (Lipinski definition) is 1. The molecule has 1 atom stereocenters. The molecule has 1 aromatic heterocycles. The van der Waals surface area contributed by atoms with E-state index >= 15 is 0 Å². The first-order valence-electron chi connectivity index (χ1n) is 5.91. The van der Waals surface area contributed by atoms with E-state index in [9.17, 15) is 4.79 Å². The van der Waals surface area contributed by atoms with Crippen molar-refractivity contribution >= 4 is 17.5 Å².